The molecule has 132 valence electrons. The van der Waals surface area contributed by atoms with Gasteiger partial charge < -0.3 is 4.42 Å². The Bertz CT molecular complexity index is 970. The lowest BCUT2D eigenvalue weighted by Gasteiger charge is -2.26. The van der Waals surface area contributed by atoms with E-state index in [2.05, 4.69) is 0 Å². The fourth-order valence-corrected chi connectivity index (χ4v) is 6.56. The van der Waals surface area contributed by atoms with Crippen molar-refractivity contribution in [2.75, 3.05) is 0 Å². The Labute approximate surface area is 158 Å². The van der Waals surface area contributed by atoms with E-state index in [1.165, 1.54) is 6.26 Å². The Kier molecular flexibility index (Phi) is 4.86. The van der Waals surface area contributed by atoms with Crippen LogP contribution in [0.25, 0.3) is 0 Å². The van der Waals surface area contributed by atoms with E-state index in [0.29, 0.717) is 0 Å². The molecule has 0 saturated heterocycles. The van der Waals surface area contributed by atoms with Gasteiger partial charge in [-0.15, -0.1) is 0 Å². The number of amides is 1. The van der Waals surface area contributed by atoms with Crippen molar-refractivity contribution in [2.24, 2.45) is 4.74 Å². The first-order chi connectivity index (χ1) is 13.3. The van der Waals surface area contributed by atoms with E-state index >= 15 is 0 Å². The van der Waals surface area contributed by atoms with E-state index in [1.54, 1.807) is 12.1 Å². The Morgan fingerprint density at radius 3 is 1.44 bits per heavy atom. The van der Waals surface area contributed by atoms with Gasteiger partial charge in [-0.3, -0.25) is 4.79 Å². The molecule has 1 heterocycles. The first kappa shape index (κ1) is 17.3. The zero-order valence-electron chi connectivity index (χ0n) is 14.6. The molecule has 0 bridgehead atoms. The summed E-state index contributed by atoms with van der Waals surface area (Å²) in [7, 11) is -2.53. The molecule has 4 aromatic rings. The molecular weight excluding hydrogens is 353 g/mol. The summed E-state index contributed by atoms with van der Waals surface area (Å²) in [4.78, 5) is 13.0. The Balaban J connectivity index is 2.08. The van der Waals surface area contributed by atoms with Crippen LogP contribution in [-0.2, 0) is 0 Å². The van der Waals surface area contributed by atoms with E-state index in [9.17, 15) is 4.79 Å². The van der Waals surface area contributed by atoms with Crippen LogP contribution >= 0.6 is 7.05 Å². The van der Waals surface area contributed by atoms with Crippen molar-refractivity contribution in [3.05, 3.63) is 115 Å². The third kappa shape index (κ3) is 3.30. The van der Waals surface area contributed by atoms with Crippen molar-refractivity contribution < 1.29 is 9.21 Å². The molecule has 0 unspecified atom stereocenters. The van der Waals surface area contributed by atoms with Crippen LogP contribution in [0.4, 0.5) is 0 Å². The molecule has 0 saturated carbocycles. The van der Waals surface area contributed by atoms with Gasteiger partial charge in [-0.2, -0.15) is 0 Å². The number of carbonyl (C=O) groups is 1. The second kappa shape index (κ2) is 7.61. The van der Waals surface area contributed by atoms with Crippen LogP contribution in [0.1, 0.15) is 10.6 Å². The zero-order valence-corrected chi connectivity index (χ0v) is 15.5. The molecule has 0 atom stereocenters. The average molecular weight is 371 g/mol. The molecule has 3 aromatic carbocycles. The van der Waals surface area contributed by atoms with Gasteiger partial charge in [-0.05, 0) is 12.1 Å². The first-order valence-corrected chi connectivity index (χ1v) is 10.4. The molecule has 3 nitrogen and oxygen atoms in total. The molecule has 27 heavy (non-hydrogen) atoms. The molecule has 0 spiro atoms. The fourth-order valence-electron chi connectivity index (χ4n) is 3.14. The fraction of sp³-hybridized carbons (Fsp3) is 0. The second-order valence-electron chi connectivity index (χ2n) is 6.02. The van der Waals surface area contributed by atoms with Crippen molar-refractivity contribution in [3.8, 4) is 0 Å². The number of rotatable bonds is 4. The van der Waals surface area contributed by atoms with Crippen LogP contribution in [0, 0.1) is 0 Å². The highest BCUT2D eigenvalue weighted by Crippen LogP contribution is 2.46. The summed E-state index contributed by atoms with van der Waals surface area (Å²) in [6, 6.07) is 33.5. The van der Waals surface area contributed by atoms with Gasteiger partial charge in [0, 0.05) is 15.9 Å². The average Bonchev–Trinajstić information content (AvgIpc) is 3.29. The van der Waals surface area contributed by atoms with Gasteiger partial charge >= 0.3 is 5.91 Å². The monoisotopic (exact) mass is 371 g/mol. The van der Waals surface area contributed by atoms with Gasteiger partial charge in [0.1, 0.15) is 0 Å². The topological polar surface area (TPSA) is 42.6 Å². The zero-order chi connectivity index (χ0) is 18.5. The maximum absolute atomic E-state index is 13.0. The molecule has 4 heteroatoms. The number of carbonyl (C=O) groups excluding carboxylic acids is 1. The van der Waals surface area contributed by atoms with E-state index < -0.39 is 7.05 Å². The van der Waals surface area contributed by atoms with Crippen molar-refractivity contribution in [1.82, 2.24) is 0 Å². The smallest absolute Gasteiger partial charge is 0.312 e. The minimum absolute atomic E-state index is 0.252. The number of benzene rings is 3. The molecule has 0 aliphatic rings. The van der Waals surface area contributed by atoms with Crippen molar-refractivity contribution >= 4 is 28.9 Å². The highest BCUT2D eigenvalue weighted by Gasteiger charge is 2.29. The van der Waals surface area contributed by atoms with Gasteiger partial charge in [0.05, 0.1) is 13.3 Å². The minimum atomic E-state index is -2.53. The Morgan fingerprint density at radius 2 is 1.07 bits per heavy atom. The molecule has 0 fully saturated rings. The van der Waals surface area contributed by atoms with Crippen LogP contribution in [0.5, 0.6) is 0 Å². The molecule has 1 aromatic heterocycles. The van der Waals surface area contributed by atoms with Crippen LogP contribution in [0.15, 0.2) is 119 Å². The number of hydrogen-bond donors (Lipinski definition) is 0. The quantitative estimate of drug-likeness (QED) is 0.492. The van der Waals surface area contributed by atoms with E-state index in [0.717, 1.165) is 15.9 Å². The maximum Gasteiger partial charge on any atom is 0.312 e. The predicted octanol–water partition coefficient (Wildman–Crippen LogP) is 4.60. The van der Waals surface area contributed by atoms with Crippen LogP contribution in [0.2, 0.25) is 0 Å². The van der Waals surface area contributed by atoms with Crippen molar-refractivity contribution in [1.29, 1.82) is 0 Å². The van der Waals surface area contributed by atoms with Gasteiger partial charge in [-0.1, -0.05) is 91.0 Å². The molecule has 4 rings (SSSR count). The van der Waals surface area contributed by atoms with E-state index in [4.69, 9.17) is 9.16 Å². The summed E-state index contributed by atoms with van der Waals surface area (Å²) >= 11 is 0. The van der Waals surface area contributed by atoms with Gasteiger partial charge in [0.2, 0.25) is 0 Å². The standard InChI is InChI=1S/C23H18NO2P/c25-23(22-17-10-18-26-22)24-27(19-11-4-1-5-12-19,20-13-6-2-7-14-20)21-15-8-3-9-16-21/h1-18H. The summed E-state index contributed by atoms with van der Waals surface area (Å²) in [5, 5.41) is 3.09. The highest BCUT2D eigenvalue weighted by molar-refractivity contribution is 7.87. The lowest BCUT2D eigenvalue weighted by molar-refractivity contribution is 0.0979. The Hall–Kier alpha value is -3.16. The van der Waals surface area contributed by atoms with E-state index in [-0.39, 0.29) is 11.7 Å². The molecular formula is C23H18NO2P. The van der Waals surface area contributed by atoms with Crippen molar-refractivity contribution in [3.63, 3.8) is 0 Å². The van der Waals surface area contributed by atoms with Gasteiger partial charge in [0.25, 0.3) is 0 Å². The predicted molar refractivity (Wildman–Crippen MR) is 111 cm³/mol. The number of nitrogens with zero attached hydrogens (tertiary/aromatic N) is 1. The summed E-state index contributed by atoms with van der Waals surface area (Å²) in [6.07, 6.45) is 1.50. The highest BCUT2D eigenvalue weighted by atomic mass is 31.2. The minimum Gasteiger partial charge on any atom is -0.459 e. The van der Waals surface area contributed by atoms with E-state index in [1.807, 2.05) is 91.0 Å². The third-order valence-corrected chi connectivity index (χ3v) is 7.98. The van der Waals surface area contributed by atoms with Crippen LogP contribution in [0.3, 0.4) is 0 Å². The van der Waals surface area contributed by atoms with Gasteiger partial charge in [-0.25, -0.2) is 4.74 Å². The SMILES string of the molecule is O=C(N=P(c1ccccc1)(c1ccccc1)c1ccccc1)c1ccco1. The molecule has 0 aliphatic carbocycles. The molecule has 0 aliphatic heterocycles. The summed E-state index contributed by atoms with van der Waals surface area (Å²) < 4.78 is 10.2. The maximum atomic E-state index is 13.0. The largest absolute Gasteiger partial charge is 0.459 e. The van der Waals surface area contributed by atoms with Crippen LogP contribution in [-0.4, -0.2) is 5.91 Å². The summed E-state index contributed by atoms with van der Waals surface area (Å²) in [5.41, 5.74) is 0. The summed E-state index contributed by atoms with van der Waals surface area (Å²) in [5.74, 6) is -0.0907. The first-order valence-electron chi connectivity index (χ1n) is 8.68. The normalized spacial score (nSPS) is 11.1. The van der Waals surface area contributed by atoms with Crippen molar-refractivity contribution in [2.45, 2.75) is 0 Å². The molecule has 0 radical (unpaired) electrons. The Morgan fingerprint density at radius 1 is 0.630 bits per heavy atom. The summed E-state index contributed by atoms with van der Waals surface area (Å²) in [6.45, 7) is 0. The lowest BCUT2D eigenvalue weighted by Crippen LogP contribution is -2.26. The van der Waals surface area contributed by atoms with Gasteiger partial charge in [0.15, 0.2) is 5.76 Å². The molecule has 1 amide bonds. The van der Waals surface area contributed by atoms with Crippen LogP contribution < -0.4 is 15.9 Å². The number of hydrogen-bond acceptors (Lipinski definition) is 2. The second-order valence-corrected chi connectivity index (χ2v) is 9.04. The lowest BCUT2D eigenvalue weighted by atomic mass is 10.4. The molecule has 0 N–H and O–H groups in total. The third-order valence-electron chi connectivity index (χ3n) is 4.36. The number of furan rings is 1.